The summed E-state index contributed by atoms with van der Waals surface area (Å²) in [5, 5.41) is 10.8. The van der Waals surface area contributed by atoms with Crippen molar-refractivity contribution in [3.63, 3.8) is 0 Å². The number of carbonyl (C=O) groups is 3. The fourth-order valence-electron chi connectivity index (χ4n) is 2.05. The Kier molecular flexibility index (Phi) is 4.24. The van der Waals surface area contributed by atoms with Crippen LogP contribution in [0.1, 0.15) is 10.4 Å². The number of carboxylic acid groups (broad SMARTS) is 1. The van der Waals surface area contributed by atoms with Gasteiger partial charge in [-0.1, -0.05) is 23.7 Å². The second-order valence-electron chi connectivity index (χ2n) is 4.35. The van der Waals surface area contributed by atoms with Crippen molar-refractivity contribution in [1.29, 1.82) is 0 Å². The SMILES string of the molecule is O=C([O-])C(=O)N1CCN(C(=O)c2ccccc2Cl)CC1. The van der Waals surface area contributed by atoms with Gasteiger partial charge in [-0.15, -0.1) is 0 Å². The zero-order chi connectivity index (χ0) is 14.7. The second kappa shape index (κ2) is 5.92. The highest BCUT2D eigenvalue weighted by atomic mass is 35.5. The average molecular weight is 296 g/mol. The molecule has 0 radical (unpaired) electrons. The number of carboxylic acids is 1. The summed E-state index contributed by atoms with van der Waals surface area (Å²) in [6.07, 6.45) is 0. The largest absolute Gasteiger partial charge is 0.540 e. The van der Waals surface area contributed by atoms with Crippen molar-refractivity contribution in [2.75, 3.05) is 26.2 Å². The van der Waals surface area contributed by atoms with E-state index in [4.69, 9.17) is 11.6 Å². The maximum atomic E-state index is 12.2. The standard InChI is InChI=1S/C13H13ClN2O4/c14-10-4-2-1-3-9(10)11(17)15-5-7-16(8-6-15)12(18)13(19)20/h1-4H,5-8H2,(H,19,20)/p-1. The minimum atomic E-state index is -1.73. The normalized spacial score (nSPS) is 15.1. The molecule has 0 atom stereocenters. The van der Waals surface area contributed by atoms with Crippen molar-refractivity contribution in [3.05, 3.63) is 34.9 Å². The van der Waals surface area contributed by atoms with Crippen LogP contribution in [0.25, 0.3) is 0 Å². The fourth-order valence-corrected chi connectivity index (χ4v) is 2.26. The third kappa shape index (κ3) is 2.91. The lowest BCUT2D eigenvalue weighted by Gasteiger charge is -2.35. The molecule has 20 heavy (non-hydrogen) atoms. The van der Waals surface area contributed by atoms with Crippen molar-refractivity contribution < 1.29 is 19.5 Å². The molecule has 2 rings (SSSR count). The molecule has 0 spiro atoms. The van der Waals surface area contributed by atoms with Gasteiger partial charge in [0.2, 0.25) is 0 Å². The molecule has 1 saturated heterocycles. The highest BCUT2D eigenvalue weighted by molar-refractivity contribution is 6.33. The maximum Gasteiger partial charge on any atom is 0.269 e. The average Bonchev–Trinajstić information content (AvgIpc) is 2.46. The quantitative estimate of drug-likeness (QED) is 0.646. The van der Waals surface area contributed by atoms with Crippen molar-refractivity contribution in [2.45, 2.75) is 0 Å². The molecule has 1 aliphatic rings. The molecule has 1 aliphatic heterocycles. The first-order valence-electron chi connectivity index (χ1n) is 6.04. The number of rotatable bonds is 1. The van der Waals surface area contributed by atoms with Crippen LogP contribution in [0.2, 0.25) is 5.02 Å². The zero-order valence-electron chi connectivity index (χ0n) is 10.5. The number of carbonyl (C=O) groups excluding carboxylic acids is 3. The molecule has 6 nitrogen and oxygen atoms in total. The van der Waals surface area contributed by atoms with Crippen LogP contribution in [0.15, 0.2) is 24.3 Å². The summed E-state index contributed by atoms with van der Waals surface area (Å²) in [5.74, 6) is -3.00. The zero-order valence-corrected chi connectivity index (χ0v) is 11.3. The summed E-state index contributed by atoms with van der Waals surface area (Å²) in [7, 11) is 0. The molecule has 0 saturated carbocycles. The van der Waals surface area contributed by atoms with E-state index in [1.807, 2.05) is 0 Å². The monoisotopic (exact) mass is 295 g/mol. The van der Waals surface area contributed by atoms with Gasteiger partial charge < -0.3 is 19.7 Å². The summed E-state index contributed by atoms with van der Waals surface area (Å²) < 4.78 is 0. The topological polar surface area (TPSA) is 80.8 Å². The van der Waals surface area contributed by atoms with E-state index in [-0.39, 0.29) is 32.1 Å². The molecule has 106 valence electrons. The first kappa shape index (κ1) is 14.3. The third-order valence-corrected chi connectivity index (χ3v) is 3.46. The van der Waals surface area contributed by atoms with Crippen LogP contribution in [-0.4, -0.2) is 53.8 Å². The first-order valence-corrected chi connectivity index (χ1v) is 6.42. The lowest BCUT2D eigenvalue weighted by molar-refractivity contribution is -0.301. The lowest BCUT2D eigenvalue weighted by atomic mass is 10.2. The highest BCUT2D eigenvalue weighted by Gasteiger charge is 2.25. The number of hydrogen-bond donors (Lipinski definition) is 0. The van der Waals surface area contributed by atoms with Gasteiger partial charge in [0, 0.05) is 26.2 Å². The van der Waals surface area contributed by atoms with E-state index in [2.05, 4.69) is 0 Å². The molecule has 1 aromatic rings. The van der Waals surface area contributed by atoms with E-state index >= 15 is 0 Å². The van der Waals surface area contributed by atoms with Gasteiger partial charge in [0.1, 0.15) is 5.97 Å². The Labute approximate surface area is 120 Å². The maximum absolute atomic E-state index is 12.2. The molecule has 7 heteroatoms. The Morgan fingerprint density at radius 3 is 2.10 bits per heavy atom. The Morgan fingerprint density at radius 1 is 1.00 bits per heavy atom. The summed E-state index contributed by atoms with van der Waals surface area (Å²) in [6.45, 7) is 0.873. The summed E-state index contributed by atoms with van der Waals surface area (Å²) in [5.41, 5.74) is 0.397. The van der Waals surface area contributed by atoms with Crippen LogP contribution >= 0.6 is 11.6 Å². The van der Waals surface area contributed by atoms with Crippen LogP contribution in [0.3, 0.4) is 0 Å². The third-order valence-electron chi connectivity index (χ3n) is 3.13. The van der Waals surface area contributed by atoms with Crippen LogP contribution in [-0.2, 0) is 9.59 Å². The molecule has 0 aromatic heterocycles. The number of amides is 2. The van der Waals surface area contributed by atoms with Gasteiger partial charge in [-0.2, -0.15) is 0 Å². The molecule has 1 fully saturated rings. The van der Waals surface area contributed by atoms with E-state index in [0.717, 1.165) is 4.90 Å². The molecule has 0 unspecified atom stereocenters. The number of aliphatic carboxylic acids is 1. The number of nitrogens with zero attached hydrogens (tertiary/aromatic N) is 2. The summed E-state index contributed by atoms with van der Waals surface area (Å²) >= 11 is 5.96. The molecule has 0 aliphatic carbocycles. The van der Waals surface area contributed by atoms with Gasteiger partial charge >= 0.3 is 0 Å². The predicted octanol–water partition coefficient (Wildman–Crippen LogP) is -0.626. The molecular formula is C13H12ClN2O4-. The van der Waals surface area contributed by atoms with E-state index in [0.29, 0.717) is 10.6 Å². The van der Waals surface area contributed by atoms with Crippen LogP contribution in [0, 0.1) is 0 Å². The Morgan fingerprint density at radius 2 is 1.55 bits per heavy atom. The van der Waals surface area contributed by atoms with Crippen molar-refractivity contribution >= 4 is 29.4 Å². The lowest BCUT2D eigenvalue weighted by Crippen LogP contribution is -2.54. The molecule has 0 N–H and O–H groups in total. The van der Waals surface area contributed by atoms with Crippen LogP contribution < -0.4 is 5.11 Å². The second-order valence-corrected chi connectivity index (χ2v) is 4.76. The van der Waals surface area contributed by atoms with Gasteiger partial charge in [0.05, 0.1) is 10.6 Å². The Hall–Kier alpha value is -2.08. The molecule has 0 bridgehead atoms. The van der Waals surface area contributed by atoms with Crippen molar-refractivity contribution in [3.8, 4) is 0 Å². The number of hydrogen-bond acceptors (Lipinski definition) is 4. The van der Waals surface area contributed by atoms with Crippen LogP contribution in [0.4, 0.5) is 0 Å². The van der Waals surface area contributed by atoms with Crippen molar-refractivity contribution in [2.24, 2.45) is 0 Å². The fraction of sp³-hybridized carbons (Fsp3) is 0.308. The van der Waals surface area contributed by atoms with E-state index < -0.39 is 11.9 Å². The smallest absolute Gasteiger partial charge is 0.269 e. The minimum Gasteiger partial charge on any atom is -0.540 e. The van der Waals surface area contributed by atoms with E-state index in [9.17, 15) is 19.5 Å². The van der Waals surface area contributed by atoms with Crippen LogP contribution in [0.5, 0.6) is 0 Å². The molecule has 1 heterocycles. The Bertz CT molecular complexity index is 553. The summed E-state index contributed by atoms with van der Waals surface area (Å²) in [4.78, 5) is 36.7. The molecule has 1 aromatic carbocycles. The van der Waals surface area contributed by atoms with Gasteiger partial charge in [0.25, 0.3) is 11.8 Å². The molecular weight excluding hydrogens is 284 g/mol. The van der Waals surface area contributed by atoms with Gasteiger partial charge in [-0.3, -0.25) is 9.59 Å². The van der Waals surface area contributed by atoms with E-state index in [1.165, 1.54) is 0 Å². The van der Waals surface area contributed by atoms with Gasteiger partial charge in [0.15, 0.2) is 0 Å². The highest BCUT2D eigenvalue weighted by Crippen LogP contribution is 2.18. The molecule has 2 amide bonds. The Balaban J connectivity index is 2.01. The predicted molar refractivity (Wildman–Crippen MR) is 68.9 cm³/mol. The minimum absolute atomic E-state index is 0.170. The van der Waals surface area contributed by atoms with Crippen molar-refractivity contribution in [1.82, 2.24) is 9.80 Å². The first-order chi connectivity index (χ1) is 9.50. The van der Waals surface area contributed by atoms with E-state index in [1.54, 1.807) is 29.2 Å². The number of benzene rings is 1. The number of piperazine rings is 1. The van der Waals surface area contributed by atoms with Gasteiger partial charge in [-0.05, 0) is 12.1 Å². The number of halogens is 1. The van der Waals surface area contributed by atoms with Gasteiger partial charge in [-0.25, -0.2) is 0 Å². The summed E-state index contributed by atoms with van der Waals surface area (Å²) in [6, 6.07) is 6.71.